The average Bonchev–Trinajstić information content (AvgIpc) is 3.14. The zero-order chi connectivity index (χ0) is 22.0. The van der Waals surface area contributed by atoms with Gasteiger partial charge in [0.2, 0.25) is 5.91 Å². The molecule has 0 saturated carbocycles. The molecule has 2 fully saturated rings. The lowest BCUT2D eigenvalue weighted by Gasteiger charge is -2.36. The van der Waals surface area contributed by atoms with E-state index >= 15 is 0 Å². The maximum absolute atomic E-state index is 13.1. The normalized spacial score (nSPS) is 18.9. The van der Waals surface area contributed by atoms with E-state index in [1.54, 1.807) is 34.1 Å². The van der Waals surface area contributed by atoms with Crippen molar-refractivity contribution in [1.82, 2.24) is 10.2 Å². The summed E-state index contributed by atoms with van der Waals surface area (Å²) in [6, 6.07) is 11.5. The summed E-state index contributed by atoms with van der Waals surface area (Å²) in [5.74, 6) is -0.479. The Balaban J connectivity index is 1.29. The van der Waals surface area contributed by atoms with Gasteiger partial charge in [0.05, 0.1) is 11.0 Å². The fourth-order valence-electron chi connectivity index (χ4n) is 3.89. The van der Waals surface area contributed by atoms with Crippen molar-refractivity contribution in [3.8, 4) is 0 Å². The van der Waals surface area contributed by atoms with Crippen LogP contribution in [-0.4, -0.2) is 60.5 Å². The van der Waals surface area contributed by atoms with Crippen LogP contribution in [0, 0.1) is 15.9 Å². The smallest absolute Gasteiger partial charge is 0.317 e. The second-order valence-corrected chi connectivity index (χ2v) is 7.58. The first kappa shape index (κ1) is 20.6. The number of amides is 3. The summed E-state index contributed by atoms with van der Waals surface area (Å²) in [7, 11) is 0. The highest BCUT2D eigenvalue weighted by atomic mass is 19.1. The number of carbonyl (C=O) groups is 2. The standard InChI is InChI=1S/C21H22FN5O4/c22-15-1-3-18(4-2-15)26-14-16(13-20(26)28)23-21(29)25-11-9-24(10-12-25)17-5-7-19(8-6-17)27(30)31/h1-8,16H,9-14H2,(H,23,29). The van der Waals surface area contributed by atoms with Crippen LogP contribution in [0.5, 0.6) is 0 Å². The van der Waals surface area contributed by atoms with E-state index in [0.717, 1.165) is 5.69 Å². The summed E-state index contributed by atoms with van der Waals surface area (Å²) in [5.41, 5.74) is 1.53. The second-order valence-electron chi connectivity index (χ2n) is 7.58. The van der Waals surface area contributed by atoms with Gasteiger partial charge in [0.15, 0.2) is 0 Å². The van der Waals surface area contributed by atoms with Gasteiger partial charge in [-0.1, -0.05) is 0 Å². The van der Waals surface area contributed by atoms with Crippen LogP contribution in [0.15, 0.2) is 48.5 Å². The third-order valence-electron chi connectivity index (χ3n) is 5.58. The first-order valence-electron chi connectivity index (χ1n) is 10.0. The van der Waals surface area contributed by atoms with Crippen molar-refractivity contribution in [3.63, 3.8) is 0 Å². The van der Waals surface area contributed by atoms with Crippen molar-refractivity contribution in [2.24, 2.45) is 0 Å². The molecule has 1 N–H and O–H groups in total. The number of nitrogens with one attached hydrogen (secondary N) is 1. The van der Waals surface area contributed by atoms with Crippen molar-refractivity contribution >= 4 is 29.0 Å². The van der Waals surface area contributed by atoms with Gasteiger partial charge >= 0.3 is 6.03 Å². The van der Waals surface area contributed by atoms with Crippen LogP contribution in [0.1, 0.15) is 6.42 Å². The molecule has 9 nitrogen and oxygen atoms in total. The number of benzene rings is 2. The Morgan fingerprint density at radius 2 is 1.61 bits per heavy atom. The molecule has 2 saturated heterocycles. The van der Waals surface area contributed by atoms with Crippen molar-refractivity contribution < 1.29 is 18.9 Å². The molecule has 0 bridgehead atoms. The number of urea groups is 1. The van der Waals surface area contributed by atoms with Gasteiger partial charge in [-0.15, -0.1) is 0 Å². The largest absolute Gasteiger partial charge is 0.368 e. The van der Waals surface area contributed by atoms with Crippen LogP contribution >= 0.6 is 0 Å². The predicted octanol–water partition coefficient (Wildman–Crippen LogP) is 2.37. The molecular weight excluding hydrogens is 405 g/mol. The van der Waals surface area contributed by atoms with Gasteiger partial charge in [0, 0.05) is 62.7 Å². The van der Waals surface area contributed by atoms with E-state index in [1.165, 1.54) is 24.3 Å². The summed E-state index contributed by atoms with van der Waals surface area (Å²) in [6.45, 7) is 2.57. The molecule has 4 rings (SSSR count). The number of rotatable bonds is 4. The van der Waals surface area contributed by atoms with Crippen LogP contribution in [0.25, 0.3) is 0 Å². The molecule has 1 atom stereocenters. The van der Waals surface area contributed by atoms with Crippen LogP contribution in [-0.2, 0) is 4.79 Å². The van der Waals surface area contributed by atoms with Gasteiger partial charge in [-0.05, 0) is 36.4 Å². The van der Waals surface area contributed by atoms with E-state index in [-0.39, 0.29) is 35.9 Å². The topological polar surface area (TPSA) is 99.0 Å². The number of hydrogen-bond acceptors (Lipinski definition) is 5. The molecule has 1 unspecified atom stereocenters. The average molecular weight is 427 g/mol. The highest BCUT2D eigenvalue weighted by Crippen LogP contribution is 2.23. The Kier molecular flexibility index (Phi) is 5.70. The van der Waals surface area contributed by atoms with Crippen molar-refractivity contribution in [3.05, 3.63) is 64.5 Å². The number of carbonyl (C=O) groups excluding carboxylic acids is 2. The molecule has 0 aliphatic carbocycles. The van der Waals surface area contributed by atoms with E-state index < -0.39 is 4.92 Å². The Hall–Kier alpha value is -3.69. The molecule has 0 radical (unpaired) electrons. The number of nitro benzene ring substituents is 1. The lowest BCUT2D eigenvalue weighted by molar-refractivity contribution is -0.384. The Labute approximate surface area is 178 Å². The third kappa shape index (κ3) is 4.57. The maximum atomic E-state index is 13.1. The third-order valence-corrected chi connectivity index (χ3v) is 5.58. The van der Waals surface area contributed by atoms with E-state index in [9.17, 15) is 24.1 Å². The number of hydrogen-bond donors (Lipinski definition) is 1. The van der Waals surface area contributed by atoms with E-state index in [4.69, 9.17) is 0 Å². The molecular formula is C21H22FN5O4. The lowest BCUT2D eigenvalue weighted by Crippen LogP contribution is -2.53. The minimum Gasteiger partial charge on any atom is -0.368 e. The quantitative estimate of drug-likeness (QED) is 0.597. The molecule has 2 aliphatic heterocycles. The number of nitrogens with zero attached hydrogens (tertiary/aromatic N) is 4. The van der Waals surface area contributed by atoms with Gasteiger partial charge in [-0.3, -0.25) is 14.9 Å². The monoisotopic (exact) mass is 427 g/mol. The zero-order valence-electron chi connectivity index (χ0n) is 16.7. The fraction of sp³-hybridized carbons (Fsp3) is 0.333. The van der Waals surface area contributed by atoms with Crippen molar-refractivity contribution in [1.29, 1.82) is 0 Å². The highest BCUT2D eigenvalue weighted by molar-refractivity contribution is 5.96. The molecule has 3 amide bonds. The van der Waals surface area contributed by atoms with E-state index in [2.05, 4.69) is 10.2 Å². The van der Waals surface area contributed by atoms with Crippen molar-refractivity contribution in [2.75, 3.05) is 42.5 Å². The molecule has 0 spiro atoms. The summed E-state index contributed by atoms with van der Waals surface area (Å²) in [6.07, 6.45) is 0.200. The van der Waals surface area contributed by atoms with Crippen LogP contribution in [0.3, 0.4) is 0 Å². The summed E-state index contributed by atoms with van der Waals surface area (Å²) in [4.78, 5) is 40.6. The number of piperazine rings is 1. The molecule has 10 heteroatoms. The maximum Gasteiger partial charge on any atom is 0.317 e. The van der Waals surface area contributed by atoms with Gasteiger partial charge in [0.1, 0.15) is 5.82 Å². The first-order valence-corrected chi connectivity index (χ1v) is 10.0. The summed E-state index contributed by atoms with van der Waals surface area (Å²) >= 11 is 0. The van der Waals surface area contributed by atoms with Gasteiger partial charge in [-0.2, -0.15) is 0 Å². The van der Waals surface area contributed by atoms with Crippen LogP contribution in [0.4, 0.5) is 26.2 Å². The second kappa shape index (κ2) is 8.58. The Morgan fingerprint density at radius 1 is 1.00 bits per heavy atom. The Bertz CT molecular complexity index is 974. The molecule has 2 aliphatic rings. The Morgan fingerprint density at radius 3 is 2.23 bits per heavy atom. The summed E-state index contributed by atoms with van der Waals surface area (Å²) in [5, 5.41) is 13.7. The van der Waals surface area contributed by atoms with Gasteiger partial charge in [-0.25, -0.2) is 9.18 Å². The highest BCUT2D eigenvalue weighted by Gasteiger charge is 2.33. The molecule has 31 heavy (non-hydrogen) atoms. The fourth-order valence-corrected chi connectivity index (χ4v) is 3.89. The number of halogens is 1. The predicted molar refractivity (Wildman–Crippen MR) is 113 cm³/mol. The number of nitro groups is 1. The van der Waals surface area contributed by atoms with Crippen molar-refractivity contribution in [2.45, 2.75) is 12.5 Å². The van der Waals surface area contributed by atoms with E-state index in [0.29, 0.717) is 38.4 Å². The minimum atomic E-state index is -0.434. The minimum absolute atomic E-state index is 0.0440. The number of anilines is 2. The number of non-ortho nitro benzene ring substituents is 1. The van der Waals surface area contributed by atoms with Crippen LogP contribution < -0.4 is 15.1 Å². The zero-order valence-corrected chi connectivity index (χ0v) is 16.7. The summed E-state index contributed by atoms with van der Waals surface area (Å²) < 4.78 is 13.1. The molecule has 2 aromatic carbocycles. The molecule has 0 aromatic heterocycles. The molecule has 2 aromatic rings. The molecule has 162 valence electrons. The van der Waals surface area contributed by atoms with Gasteiger partial charge in [0.25, 0.3) is 5.69 Å². The van der Waals surface area contributed by atoms with E-state index in [1.807, 2.05) is 0 Å². The van der Waals surface area contributed by atoms with Crippen LogP contribution in [0.2, 0.25) is 0 Å². The lowest BCUT2D eigenvalue weighted by atomic mass is 10.2. The molecule has 2 heterocycles. The first-order chi connectivity index (χ1) is 14.9. The van der Waals surface area contributed by atoms with Gasteiger partial charge < -0.3 is 20.0 Å². The SMILES string of the molecule is O=C(NC1CC(=O)N(c2ccc(F)cc2)C1)N1CCN(c2ccc([N+](=O)[O-])cc2)CC1.